The number of likely N-dealkylation sites (tertiary alicyclic amines) is 1. The fourth-order valence-electron chi connectivity index (χ4n) is 2.48. The molecular formula is C15H20BrClN2O2. The number of nitrogens with zero attached hydrogens (tertiary/aromatic N) is 1. The van der Waals surface area contributed by atoms with Crippen LogP contribution < -0.4 is 5.32 Å². The lowest BCUT2D eigenvalue weighted by Gasteiger charge is -2.32. The van der Waals surface area contributed by atoms with Crippen LogP contribution in [0.5, 0.6) is 0 Å². The van der Waals surface area contributed by atoms with Crippen molar-refractivity contribution in [2.45, 2.75) is 25.4 Å². The van der Waals surface area contributed by atoms with E-state index in [4.69, 9.17) is 16.3 Å². The first kappa shape index (κ1) is 16.7. The summed E-state index contributed by atoms with van der Waals surface area (Å²) >= 11 is 9.55. The zero-order chi connectivity index (χ0) is 15.2. The van der Waals surface area contributed by atoms with Crippen LogP contribution in [0.15, 0.2) is 22.7 Å². The molecule has 0 atom stereocenters. The maximum absolute atomic E-state index is 11.7. The Morgan fingerprint density at radius 3 is 2.86 bits per heavy atom. The highest BCUT2D eigenvalue weighted by Gasteiger charge is 2.22. The average Bonchev–Trinajstić information content (AvgIpc) is 2.49. The van der Waals surface area contributed by atoms with E-state index in [-0.39, 0.29) is 12.5 Å². The van der Waals surface area contributed by atoms with Crippen molar-refractivity contribution in [3.63, 3.8) is 0 Å². The van der Waals surface area contributed by atoms with E-state index in [9.17, 15) is 4.79 Å². The smallest absolute Gasteiger partial charge is 0.248 e. The first-order valence-corrected chi connectivity index (χ1v) is 8.21. The summed E-state index contributed by atoms with van der Waals surface area (Å²) in [6, 6.07) is 6.23. The van der Waals surface area contributed by atoms with Gasteiger partial charge in [0.2, 0.25) is 5.91 Å². The molecule has 4 nitrogen and oxygen atoms in total. The molecule has 1 aliphatic heterocycles. The van der Waals surface area contributed by atoms with Gasteiger partial charge in [0.05, 0.1) is 0 Å². The molecule has 1 N–H and O–H groups in total. The number of hydrogen-bond donors (Lipinski definition) is 1. The number of nitrogens with one attached hydrogen (secondary N) is 1. The van der Waals surface area contributed by atoms with E-state index in [0.717, 1.165) is 47.5 Å². The summed E-state index contributed by atoms with van der Waals surface area (Å²) in [5.74, 6) is 0.0773. The van der Waals surface area contributed by atoms with Gasteiger partial charge in [0.25, 0.3) is 0 Å². The minimum atomic E-state index is 0.0773. The van der Waals surface area contributed by atoms with Crippen molar-refractivity contribution in [2.75, 3.05) is 26.8 Å². The minimum Gasteiger partial charge on any atom is -0.375 e. The van der Waals surface area contributed by atoms with Gasteiger partial charge in [0.15, 0.2) is 0 Å². The van der Waals surface area contributed by atoms with E-state index in [2.05, 4.69) is 21.2 Å². The highest BCUT2D eigenvalue weighted by Crippen LogP contribution is 2.21. The molecular weight excluding hydrogens is 356 g/mol. The van der Waals surface area contributed by atoms with Gasteiger partial charge in [-0.1, -0.05) is 27.5 Å². The summed E-state index contributed by atoms with van der Waals surface area (Å²) in [6.07, 6.45) is 1.93. The van der Waals surface area contributed by atoms with Gasteiger partial charge in [-0.2, -0.15) is 0 Å². The Bertz CT molecular complexity index is 491. The third-order valence-electron chi connectivity index (χ3n) is 3.70. The van der Waals surface area contributed by atoms with Crippen LogP contribution in [-0.4, -0.2) is 43.7 Å². The topological polar surface area (TPSA) is 41.6 Å². The Morgan fingerprint density at radius 2 is 2.19 bits per heavy atom. The van der Waals surface area contributed by atoms with Gasteiger partial charge < -0.3 is 15.0 Å². The SMILES string of the molecule is COCC(=O)N1CCC(NCc2cc(Cl)ccc2Br)CC1. The number of methoxy groups -OCH3 is 1. The van der Waals surface area contributed by atoms with Crippen molar-refractivity contribution < 1.29 is 9.53 Å². The fourth-order valence-corrected chi connectivity index (χ4v) is 3.06. The third kappa shape index (κ3) is 4.95. The number of carbonyl (C=O) groups is 1. The highest BCUT2D eigenvalue weighted by atomic mass is 79.9. The molecule has 1 aliphatic rings. The van der Waals surface area contributed by atoms with E-state index in [0.29, 0.717) is 6.04 Å². The third-order valence-corrected chi connectivity index (χ3v) is 4.71. The number of ether oxygens (including phenoxy) is 1. The first-order valence-electron chi connectivity index (χ1n) is 7.04. The molecule has 116 valence electrons. The van der Waals surface area contributed by atoms with E-state index < -0.39 is 0 Å². The maximum atomic E-state index is 11.7. The van der Waals surface area contributed by atoms with E-state index >= 15 is 0 Å². The Kier molecular flexibility index (Phi) is 6.48. The molecule has 1 aromatic carbocycles. The summed E-state index contributed by atoms with van der Waals surface area (Å²) in [5.41, 5.74) is 1.15. The number of piperidine rings is 1. The molecule has 0 saturated carbocycles. The van der Waals surface area contributed by atoms with Gasteiger partial charge in [-0.05, 0) is 36.6 Å². The molecule has 6 heteroatoms. The van der Waals surface area contributed by atoms with Crippen LogP contribution in [0.3, 0.4) is 0 Å². The molecule has 0 unspecified atom stereocenters. The predicted molar refractivity (Wildman–Crippen MR) is 87.5 cm³/mol. The van der Waals surface area contributed by atoms with Crippen LogP contribution in [0.4, 0.5) is 0 Å². The molecule has 1 saturated heterocycles. The normalized spacial score (nSPS) is 16.2. The zero-order valence-electron chi connectivity index (χ0n) is 12.1. The molecule has 0 spiro atoms. The quantitative estimate of drug-likeness (QED) is 0.860. The molecule has 2 rings (SSSR count). The van der Waals surface area contributed by atoms with Crippen molar-refractivity contribution >= 4 is 33.4 Å². The van der Waals surface area contributed by atoms with Crippen molar-refractivity contribution in [1.82, 2.24) is 10.2 Å². The monoisotopic (exact) mass is 374 g/mol. The second kappa shape index (κ2) is 8.13. The predicted octanol–water partition coefficient (Wildman–Crippen LogP) is 2.83. The number of halogens is 2. The van der Waals surface area contributed by atoms with Gasteiger partial charge in [0, 0.05) is 42.3 Å². The van der Waals surface area contributed by atoms with Crippen LogP contribution in [0.1, 0.15) is 18.4 Å². The van der Waals surface area contributed by atoms with E-state index in [1.807, 2.05) is 23.1 Å². The number of rotatable bonds is 5. The maximum Gasteiger partial charge on any atom is 0.248 e. The van der Waals surface area contributed by atoms with Gasteiger partial charge in [-0.25, -0.2) is 0 Å². The Hall–Kier alpha value is -0.620. The van der Waals surface area contributed by atoms with Crippen molar-refractivity contribution in [3.8, 4) is 0 Å². The standard InChI is InChI=1S/C15H20BrClN2O2/c1-21-10-15(20)19-6-4-13(5-7-19)18-9-11-8-12(17)2-3-14(11)16/h2-3,8,13,18H,4-7,9-10H2,1H3. The van der Waals surface area contributed by atoms with E-state index in [1.54, 1.807) is 7.11 Å². The molecule has 1 fully saturated rings. The lowest BCUT2D eigenvalue weighted by molar-refractivity contribution is -0.136. The Morgan fingerprint density at radius 1 is 1.48 bits per heavy atom. The van der Waals surface area contributed by atoms with Crippen molar-refractivity contribution in [2.24, 2.45) is 0 Å². The molecule has 1 aromatic rings. The number of benzene rings is 1. The summed E-state index contributed by atoms with van der Waals surface area (Å²) in [7, 11) is 1.55. The zero-order valence-corrected chi connectivity index (χ0v) is 14.4. The first-order chi connectivity index (χ1) is 10.1. The molecule has 1 heterocycles. The summed E-state index contributed by atoms with van der Waals surface area (Å²) in [6.45, 7) is 2.53. The van der Waals surface area contributed by atoms with Crippen LogP contribution >= 0.6 is 27.5 Å². The van der Waals surface area contributed by atoms with Gasteiger partial charge in [0.1, 0.15) is 6.61 Å². The van der Waals surface area contributed by atoms with Crippen LogP contribution in [-0.2, 0) is 16.1 Å². The molecule has 0 aliphatic carbocycles. The summed E-state index contributed by atoms with van der Waals surface area (Å²) in [5, 5.41) is 4.28. The largest absolute Gasteiger partial charge is 0.375 e. The van der Waals surface area contributed by atoms with Crippen LogP contribution in [0.25, 0.3) is 0 Å². The van der Waals surface area contributed by atoms with Crippen molar-refractivity contribution in [1.29, 1.82) is 0 Å². The highest BCUT2D eigenvalue weighted by molar-refractivity contribution is 9.10. The second-order valence-electron chi connectivity index (χ2n) is 5.20. The molecule has 0 radical (unpaired) electrons. The van der Waals surface area contributed by atoms with Gasteiger partial charge in [-0.15, -0.1) is 0 Å². The molecule has 21 heavy (non-hydrogen) atoms. The minimum absolute atomic E-state index is 0.0773. The molecule has 0 aromatic heterocycles. The average molecular weight is 376 g/mol. The fraction of sp³-hybridized carbons (Fsp3) is 0.533. The number of amides is 1. The molecule has 0 bridgehead atoms. The Labute approximate surface area is 138 Å². The van der Waals surface area contributed by atoms with Crippen molar-refractivity contribution in [3.05, 3.63) is 33.3 Å². The van der Waals surface area contributed by atoms with Crippen LogP contribution in [0.2, 0.25) is 5.02 Å². The summed E-state index contributed by atoms with van der Waals surface area (Å²) < 4.78 is 5.95. The Balaban J connectivity index is 1.79. The second-order valence-corrected chi connectivity index (χ2v) is 6.50. The lowest BCUT2D eigenvalue weighted by Crippen LogP contribution is -2.45. The lowest BCUT2D eigenvalue weighted by atomic mass is 10.0. The van der Waals surface area contributed by atoms with Crippen LogP contribution in [0, 0.1) is 0 Å². The summed E-state index contributed by atoms with van der Waals surface area (Å²) in [4.78, 5) is 13.6. The number of hydrogen-bond acceptors (Lipinski definition) is 3. The molecule has 1 amide bonds. The van der Waals surface area contributed by atoms with Gasteiger partial charge in [-0.3, -0.25) is 4.79 Å². The number of carbonyl (C=O) groups excluding carboxylic acids is 1. The van der Waals surface area contributed by atoms with Gasteiger partial charge >= 0.3 is 0 Å². The van der Waals surface area contributed by atoms with E-state index in [1.165, 1.54) is 0 Å².